The Balaban J connectivity index is 2.07. The van der Waals surface area contributed by atoms with Crippen LogP contribution in [-0.4, -0.2) is 24.4 Å². The van der Waals surface area contributed by atoms with E-state index < -0.39 is 5.60 Å². The molecule has 19 heavy (non-hydrogen) atoms. The summed E-state index contributed by atoms with van der Waals surface area (Å²) >= 11 is 0. The lowest BCUT2D eigenvalue weighted by molar-refractivity contribution is 0.000727. The number of methoxy groups -OCH3 is 1. The molecule has 1 atom stereocenters. The summed E-state index contributed by atoms with van der Waals surface area (Å²) in [6.07, 6.45) is 3.77. The number of hydrogen-bond donors (Lipinski definition) is 2. The van der Waals surface area contributed by atoms with Crippen LogP contribution in [0.1, 0.15) is 44.2 Å². The fourth-order valence-electron chi connectivity index (χ4n) is 2.48. The first-order chi connectivity index (χ1) is 9.04. The third kappa shape index (κ3) is 3.39. The van der Waals surface area contributed by atoms with E-state index in [1.807, 2.05) is 25.1 Å². The van der Waals surface area contributed by atoms with Gasteiger partial charge >= 0.3 is 0 Å². The standard InChI is InChI=1S/C15H23NO3/c1-11(16)12-5-6-13(14(9-12)18-2)19-10-15(17)7-3-4-8-15/h5-6,9,11,17H,3-4,7-8,10,16H2,1-2H3/t11-/m0/s1. The maximum atomic E-state index is 10.3. The summed E-state index contributed by atoms with van der Waals surface area (Å²) in [7, 11) is 1.61. The molecule has 0 bridgehead atoms. The first-order valence-corrected chi connectivity index (χ1v) is 6.83. The Hall–Kier alpha value is -1.26. The number of benzene rings is 1. The molecule has 1 aromatic rings. The van der Waals surface area contributed by atoms with Crippen molar-refractivity contribution in [3.05, 3.63) is 23.8 Å². The van der Waals surface area contributed by atoms with Crippen LogP contribution in [0.15, 0.2) is 18.2 Å². The highest BCUT2D eigenvalue weighted by molar-refractivity contribution is 5.43. The van der Waals surface area contributed by atoms with Crippen LogP contribution in [0.4, 0.5) is 0 Å². The Bertz CT molecular complexity index is 425. The molecule has 0 aliphatic heterocycles. The zero-order chi connectivity index (χ0) is 13.9. The molecule has 4 heteroatoms. The van der Waals surface area contributed by atoms with Crippen molar-refractivity contribution < 1.29 is 14.6 Å². The predicted molar refractivity (Wildman–Crippen MR) is 74.5 cm³/mol. The molecule has 106 valence electrons. The van der Waals surface area contributed by atoms with E-state index in [9.17, 15) is 5.11 Å². The van der Waals surface area contributed by atoms with Gasteiger partial charge in [-0.3, -0.25) is 0 Å². The van der Waals surface area contributed by atoms with Crippen LogP contribution in [0.5, 0.6) is 11.5 Å². The van der Waals surface area contributed by atoms with Gasteiger partial charge in [0.15, 0.2) is 11.5 Å². The SMILES string of the molecule is COc1cc([C@H](C)N)ccc1OCC1(O)CCCC1. The second kappa shape index (κ2) is 5.80. The molecule has 2 rings (SSSR count). The van der Waals surface area contributed by atoms with E-state index in [0.29, 0.717) is 18.1 Å². The lowest BCUT2D eigenvalue weighted by atomic mass is 10.0. The molecule has 0 aromatic heterocycles. The molecule has 0 spiro atoms. The number of ether oxygens (including phenoxy) is 2. The third-order valence-corrected chi connectivity index (χ3v) is 3.74. The second-order valence-electron chi connectivity index (χ2n) is 5.42. The zero-order valence-corrected chi connectivity index (χ0v) is 11.7. The highest BCUT2D eigenvalue weighted by Crippen LogP contribution is 2.33. The molecule has 1 fully saturated rings. The highest BCUT2D eigenvalue weighted by atomic mass is 16.5. The minimum atomic E-state index is -0.676. The molecular weight excluding hydrogens is 242 g/mol. The Morgan fingerprint density at radius 3 is 2.58 bits per heavy atom. The normalized spacial score (nSPS) is 19.2. The summed E-state index contributed by atoms with van der Waals surface area (Å²) < 4.78 is 11.1. The summed E-state index contributed by atoms with van der Waals surface area (Å²) in [5.41, 5.74) is 6.17. The van der Waals surface area contributed by atoms with Gasteiger partial charge in [0.05, 0.1) is 12.7 Å². The zero-order valence-electron chi connectivity index (χ0n) is 11.7. The van der Waals surface area contributed by atoms with Gasteiger partial charge in [0, 0.05) is 6.04 Å². The largest absolute Gasteiger partial charge is 0.493 e. The molecule has 0 heterocycles. The maximum Gasteiger partial charge on any atom is 0.161 e. The molecule has 1 saturated carbocycles. The van der Waals surface area contributed by atoms with Crippen LogP contribution in [0.3, 0.4) is 0 Å². The van der Waals surface area contributed by atoms with Crippen LogP contribution in [-0.2, 0) is 0 Å². The third-order valence-electron chi connectivity index (χ3n) is 3.74. The number of rotatable bonds is 5. The van der Waals surface area contributed by atoms with E-state index in [1.54, 1.807) is 7.11 Å². The first-order valence-electron chi connectivity index (χ1n) is 6.83. The number of aliphatic hydroxyl groups is 1. The quantitative estimate of drug-likeness (QED) is 0.858. The second-order valence-corrected chi connectivity index (χ2v) is 5.42. The van der Waals surface area contributed by atoms with Gasteiger partial charge in [0.2, 0.25) is 0 Å². The predicted octanol–water partition coefficient (Wildman–Crippen LogP) is 2.40. The Labute approximate surface area is 114 Å². The van der Waals surface area contributed by atoms with Gasteiger partial charge in [-0.2, -0.15) is 0 Å². The van der Waals surface area contributed by atoms with Crippen molar-refractivity contribution in [2.75, 3.05) is 13.7 Å². The van der Waals surface area contributed by atoms with Crippen molar-refractivity contribution >= 4 is 0 Å². The molecular formula is C15H23NO3. The maximum absolute atomic E-state index is 10.3. The van der Waals surface area contributed by atoms with Crippen molar-refractivity contribution in [3.63, 3.8) is 0 Å². The summed E-state index contributed by atoms with van der Waals surface area (Å²) in [6, 6.07) is 5.64. The minimum Gasteiger partial charge on any atom is -0.493 e. The number of hydrogen-bond acceptors (Lipinski definition) is 4. The van der Waals surface area contributed by atoms with Gasteiger partial charge in [0.25, 0.3) is 0 Å². The lowest BCUT2D eigenvalue weighted by Gasteiger charge is -2.23. The minimum absolute atomic E-state index is 0.0398. The molecule has 0 unspecified atom stereocenters. The lowest BCUT2D eigenvalue weighted by Crippen LogP contribution is -2.32. The Morgan fingerprint density at radius 1 is 1.32 bits per heavy atom. The average molecular weight is 265 g/mol. The van der Waals surface area contributed by atoms with Crippen molar-refractivity contribution in [2.45, 2.75) is 44.2 Å². The van der Waals surface area contributed by atoms with Gasteiger partial charge in [-0.1, -0.05) is 18.9 Å². The smallest absolute Gasteiger partial charge is 0.161 e. The van der Waals surface area contributed by atoms with E-state index in [1.165, 1.54) is 0 Å². The van der Waals surface area contributed by atoms with E-state index in [0.717, 1.165) is 31.2 Å². The van der Waals surface area contributed by atoms with Gasteiger partial charge in [-0.15, -0.1) is 0 Å². The Morgan fingerprint density at radius 2 is 2.00 bits per heavy atom. The molecule has 1 aliphatic rings. The topological polar surface area (TPSA) is 64.7 Å². The van der Waals surface area contributed by atoms with Gasteiger partial charge in [-0.05, 0) is 37.5 Å². The first kappa shape index (κ1) is 14.2. The van der Waals surface area contributed by atoms with Gasteiger partial charge in [0.1, 0.15) is 6.61 Å². The molecule has 1 aromatic carbocycles. The summed E-state index contributed by atoms with van der Waals surface area (Å²) in [5.74, 6) is 1.32. The number of nitrogens with two attached hydrogens (primary N) is 1. The van der Waals surface area contributed by atoms with Crippen LogP contribution in [0.2, 0.25) is 0 Å². The molecule has 1 aliphatic carbocycles. The molecule has 0 amide bonds. The van der Waals surface area contributed by atoms with E-state index in [-0.39, 0.29) is 6.04 Å². The van der Waals surface area contributed by atoms with Gasteiger partial charge in [-0.25, -0.2) is 0 Å². The molecule has 0 saturated heterocycles. The van der Waals surface area contributed by atoms with Gasteiger partial charge < -0.3 is 20.3 Å². The van der Waals surface area contributed by atoms with Crippen molar-refractivity contribution in [1.29, 1.82) is 0 Å². The van der Waals surface area contributed by atoms with Crippen LogP contribution >= 0.6 is 0 Å². The fraction of sp³-hybridized carbons (Fsp3) is 0.600. The summed E-state index contributed by atoms with van der Waals surface area (Å²) in [6.45, 7) is 2.25. The monoisotopic (exact) mass is 265 g/mol. The van der Waals surface area contributed by atoms with E-state index in [2.05, 4.69) is 0 Å². The summed E-state index contributed by atoms with van der Waals surface area (Å²) in [4.78, 5) is 0. The molecule has 0 radical (unpaired) electrons. The van der Waals surface area contributed by atoms with Crippen molar-refractivity contribution in [1.82, 2.24) is 0 Å². The van der Waals surface area contributed by atoms with E-state index in [4.69, 9.17) is 15.2 Å². The van der Waals surface area contributed by atoms with Crippen LogP contribution in [0.25, 0.3) is 0 Å². The van der Waals surface area contributed by atoms with Crippen LogP contribution < -0.4 is 15.2 Å². The highest BCUT2D eigenvalue weighted by Gasteiger charge is 2.32. The van der Waals surface area contributed by atoms with Crippen LogP contribution in [0, 0.1) is 0 Å². The van der Waals surface area contributed by atoms with E-state index >= 15 is 0 Å². The fourth-order valence-corrected chi connectivity index (χ4v) is 2.48. The Kier molecular flexibility index (Phi) is 4.32. The van der Waals surface area contributed by atoms with Crippen molar-refractivity contribution in [3.8, 4) is 11.5 Å². The molecule has 3 N–H and O–H groups in total. The van der Waals surface area contributed by atoms with Crippen molar-refractivity contribution in [2.24, 2.45) is 5.73 Å². The average Bonchev–Trinajstić information content (AvgIpc) is 2.83. The summed E-state index contributed by atoms with van der Waals surface area (Å²) in [5, 5.41) is 10.3. The molecule has 4 nitrogen and oxygen atoms in total.